The van der Waals surface area contributed by atoms with Gasteiger partial charge in [-0.1, -0.05) is 32.0 Å². The van der Waals surface area contributed by atoms with Crippen LogP contribution in [0.2, 0.25) is 0 Å². The van der Waals surface area contributed by atoms with E-state index in [1.807, 2.05) is 0 Å². The molecule has 0 spiro atoms. The lowest BCUT2D eigenvalue weighted by molar-refractivity contribution is -0.137. The first kappa shape index (κ1) is 16.0. The molecule has 1 aromatic carbocycles. The van der Waals surface area contributed by atoms with Gasteiger partial charge in [0.2, 0.25) is 0 Å². The summed E-state index contributed by atoms with van der Waals surface area (Å²) in [5.41, 5.74) is 0.200. The summed E-state index contributed by atoms with van der Waals surface area (Å²) in [6, 6.07) is 6.01. The maximum Gasteiger partial charge on any atom is 0.416 e. The second-order valence-corrected chi connectivity index (χ2v) is 4.80. The number of alkyl halides is 3. The van der Waals surface area contributed by atoms with Gasteiger partial charge in [-0.3, -0.25) is 0 Å². The summed E-state index contributed by atoms with van der Waals surface area (Å²) in [5.74, 6) is 0. The van der Waals surface area contributed by atoms with Crippen LogP contribution in [-0.2, 0) is 12.6 Å². The molecule has 0 heterocycles. The van der Waals surface area contributed by atoms with Crippen LogP contribution in [0.4, 0.5) is 13.2 Å². The van der Waals surface area contributed by atoms with Gasteiger partial charge >= 0.3 is 6.18 Å². The van der Waals surface area contributed by atoms with Crippen molar-refractivity contribution in [2.45, 2.75) is 51.7 Å². The Bertz CT molecular complexity index is 374. The van der Waals surface area contributed by atoms with Crippen molar-refractivity contribution in [3.05, 3.63) is 35.4 Å². The van der Waals surface area contributed by atoms with Crippen LogP contribution in [0.15, 0.2) is 24.3 Å². The van der Waals surface area contributed by atoms with E-state index in [4.69, 9.17) is 0 Å². The van der Waals surface area contributed by atoms with Crippen molar-refractivity contribution in [2.75, 3.05) is 6.54 Å². The van der Waals surface area contributed by atoms with E-state index in [2.05, 4.69) is 19.2 Å². The van der Waals surface area contributed by atoms with E-state index in [0.29, 0.717) is 12.5 Å². The highest BCUT2D eigenvalue weighted by Gasteiger charge is 2.30. The Morgan fingerprint density at radius 3 is 2.53 bits per heavy atom. The summed E-state index contributed by atoms with van der Waals surface area (Å²) in [5, 5.41) is 3.41. The van der Waals surface area contributed by atoms with Crippen molar-refractivity contribution in [1.82, 2.24) is 5.32 Å². The predicted octanol–water partition coefficient (Wildman–Crippen LogP) is 4.42. The first-order valence-electron chi connectivity index (χ1n) is 6.86. The molecule has 0 aliphatic carbocycles. The second kappa shape index (κ2) is 7.53. The molecular formula is C15H22F3N. The van der Waals surface area contributed by atoms with Gasteiger partial charge in [0, 0.05) is 6.04 Å². The summed E-state index contributed by atoms with van der Waals surface area (Å²) in [7, 11) is 0. The van der Waals surface area contributed by atoms with E-state index in [1.54, 1.807) is 6.07 Å². The van der Waals surface area contributed by atoms with Gasteiger partial charge in [0.1, 0.15) is 0 Å². The van der Waals surface area contributed by atoms with Crippen molar-refractivity contribution in [3.8, 4) is 0 Å². The van der Waals surface area contributed by atoms with Gasteiger partial charge < -0.3 is 5.32 Å². The van der Waals surface area contributed by atoms with E-state index in [1.165, 1.54) is 12.1 Å². The number of benzene rings is 1. The van der Waals surface area contributed by atoms with Gasteiger partial charge in [0.05, 0.1) is 5.56 Å². The van der Waals surface area contributed by atoms with Crippen LogP contribution in [-0.4, -0.2) is 12.6 Å². The molecule has 0 saturated heterocycles. The molecule has 0 radical (unpaired) electrons. The van der Waals surface area contributed by atoms with Gasteiger partial charge in [-0.15, -0.1) is 0 Å². The zero-order valence-corrected chi connectivity index (χ0v) is 11.6. The Morgan fingerprint density at radius 1 is 1.21 bits per heavy atom. The molecular weight excluding hydrogens is 251 g/mol. The van der Waals surface area contributed by atoms with Crippen molar-refractivity contribution < 1.29 is 13.2 Å². The lowest BCUT2D eigenvalue weighted by atomic mass is 10.0. The maximum absolute atomic E-state index is 12.6. The van der Waals surface area contributed by atoms with E-state index in [9.17, 15) is 13.2 Å². The van der Waals surface area contributed by atoms with Gasteiger partial charge in [0.15, 0.2) is 0 Å². The molecule has 0 aliphatic heterocycles. The van der Waals surface area contributed by atoms with E-state index in [-0.39, 0.29) is 0 Å². The normalized spacial score (nSPS) is 13.5. The van der Waals surface area contributed by atoms with Crippen LogP contribution in [0.1, 0.15) is 44.2 Å². The molecule has 1 nitrogen and oxygen atoms in total. The Balaban J connectivity index is 2.57. The maximum atomic E-state index is 12.6. The lowest BCUT2D eigenvalue weighted by Crippen LogP contribution is -2.29. The average Bonchev–Trinajstić information content (AvgIpc) is 2.38. The Kier molecular flexibility index (Phi) is 6.35. The van der Waals surface area contributed by atoms with E-state index in [0.717, 1.165) is 37.4 Å². The monoisotopic (exact) mass is 273 g/mol. The second-order valence-electron chi connectivity index (χ2n) is 4.80. The number of nitrogens with one attached hydrogen (secondary N) is 1. The van der Waals surface area contributed by atoms with Gasteiger partial charge in [-0.2, -0.15) is 13.2 Å². The van der Waals surface area contributed by atoms with Crippen LogP contribution in [0.3, 0.4) is 0 Å². The molecule has 1 atom stereocenters. The number of hydrogen-bond acceptors (Lipinski definition) is 1. The SMILES string of the molecule is CCCNC(CC)CCc1cccc(C(F)(F)F)c1. The first-order valence-corrected chi connectivity index (χ1v) is 6.86. The van der Waals surface area contributed by atoms with Gasteiger partial charge in [0.25, 0.3) is 0 Å². The van der Waals surface area contributed by atoms with Crippen molar-refractivity contribution in [1.29, 1.82) is 0 Å². The first-order chi connectivity index (χ1) is 8.97. The molecule has 1 unspecified atom stereocenters. The summed E-state index contributed by atoms with van der Waals surface area (Å²) >= 11 is 0. The molecule has 0 aromatic heterocycles. The number of rotatable bonds is 7. The molecule has 108 valence electrons. The molecule has 0 fully saturated rings. The average molecular weight is 273 g/mol. The quantitative estimate of drug-likeness (QED) is 0.775. The fourth-order valence-electron chi connectivity index (χ4n) is 2.04. The third-order valence-electron chi connectivity index (χ3n) is 3.21. The topological polar surface area (TPSA) is 12.0 Å². The fraction of sp³-hybridized carbons (Fsp3) is 0.600. The van der Waals surface area contributed by atoms with Crippen molar-refractivity contribution in [3.63, 3.8) is 0 Å². The van der Waals surface area contributed by atoms with Crippen LogP contribution in [0, 0.1) is 0 Å². The minimum atomic E-state index is -4.25. The molecule has 0 aliphatic rings. The number of halogens is 3. The lowest BCUT2D eigenvalue weighted by Gasteiger charge is -2.16. The minimum Gasteiger partial charge on any atom is -0.314 e. The summed E-state index contributed by atoms with van der Waals surface area (Å²) in [4.78, 5) is 0. The molecule has 1 aromatic rings. The zero-order valence-electron chi connectivity index (χ0n) is 11.6. The standard InChI is InChI=1S/C15H22F3N/c1-3-10-19-14(4-2)9-8-12-6-5-7-13(11-12)15(16,17)18/h5-7,11,14,19H,3-4,8-10H2,1-2H3. The highest BCUT2D eigenvalue weighted by Crippen LogP contribution is 2.29. The molecule has 1 N–H and O–H groups in total. The van der Waals surface area contributed by atoms with Gasteiger partial charge in [-0.05, 0) is 43.9 Å². The molecule has 0 amide bonds. The molecule has 19 heavy (non-hydrogen) atoms. The molecule has 0 saturated carbocycles. The molecule has 0 bridgehead atoms. The zero-order chi connectivity index (χ0) is 14.3. The molecule has 4 heteroatoms. The van der Waals surface area contributed by atoms with Crippen LogP contribution in [0.25, 0.3) is 0 Å². The Labute approximate surface area is 113 Å². The number of hydrogen-bond donors (Lipinski definition) is 1. The largest absolute Gasteiger partial charge is 0.416 e. The van der Waals surface area contributed by atoms with Gasteiger partial charge in [-0.25, -0.2) is 0 Å². The van der Waals surface area contributed by atoms with E-state index < -0.39 is 11.7 Å². The van der Waals surface area contributed by atoms with Crippen LogP contribution < -0.4 is 5.32 Å². The summed E-state index contributed by atoms with van der Waals surface area (Å²) in [6.45, 7) is 5.16. The number of aryl methyl sites for hydroxylation is 1. The molecule has 1 rings (SSSR count). The minimum absolute atomic E-state index is 0.384. The summed E-state index contributed by atoms with van der Waals surface area (Å²) in [6.07, 6.45) is -0.628. The predicted molar refractivity (Wildman–Crippen MR) is 72.1 cm³/mol. The Hall–Kier alpha value is -1.03. The van der Waals surface area contributed by atoms with Crippen molar-refractivity contribution in [2.24, 2.45) is 0 Å². The van der Waals surface area contributed by atoms with Crippen LogP contribution in [0.5, 0.6) is 0 Å². The highest BCUT2D eigenvalue weighted by molar-refractivity contribution is 5.25. The highest BCUT2D eigenvalue weighted by atomic mass is 19.4. The third-order valence-corrected chi connectivity index (χ3v) is 3.21. The van der Waals surface area contributed by atoms with Crippen LogP contribution >= 0.6 is 0 Å². The smallest absolute Gasteiger partial charge is 0.314 e. The summed E-state index contributed by atoms with van der Waals surface area (Å²) < 4.78 is 37.8. The van der Waals surface area contributed by atoms with E-state index >= 15 is 0 Å². The third kappa shape index (κ3) is 5.64. The Morgan fingerprint density at radius 2 is 1.95 bits per heavy atom. The van der Waals surface area contributed by atoms with Crippen molar-refractivity contribution >= 4 is 0 Å². The fourth-order valence-corrected chi connectivity index (χ4v) is 2.04.